The largest absolute Gasteiger partial charge is 0.0616 e. The lowest BCUT2D eigenvalue weighted by molar-refractivity contribution is 1.64. The van der Waals surface area contributed by atoms with Gasteiger partial charge in [0.15, 0.2) is 0 Å². The van der Waals surface area contributed by atoms with Gasteiger partial charge in [0.1, 0.15) is 0 Å². The smallest absolute Gasteiger partial charge is 0.00137 e. The van der Waals surface area contributed by atoms with Crippen LogP contribution in [0, 0.1) is 0 Å². The lowest BCUT2D eigenvalue weighted by Crippen LogP contribution is -1.96. The first kappa shape index (κ1) is 31.1. The van der Waals surface area contributed by atoms with Crippen molar-refractivity contribution in [2.24, 2.45) is 0 Å². The quantitative estimate of drug-likeness (QED) is 0.160. The summed E-state index contributed by atoms with van der Waals surface area (Å²) < 4.78 is 0. The van der Waals surface area contributed by atoms with Crippen LogP contribution in [-0.4, -0.2) is 0 Å². The summed E-state index contributed by atoms with van der Waals surface area (Å²) in [5, 5.41) is 20.0. The van der Waals surface area contributed by atoms with Crippen LogP contribution in [0.4, 0.5) is 0 Å². The first-order chi connectivity index (χ1) is 27.7. The van der Waals surface area contributed by atoms with Crippen LogP contribution in [0.5, 0.6) is 0 Å². The van der Waals surface area contributed by atoms with Gasteiger partial charge < -0.3 is 0 Å². The van der Waals surface area contributed by atoms with Crippen molar-refractivity contribution in [1.29, 1.82) is 0 Å². The van der Waals surface area contributed by atoms with Crippen molar-refractivity contribution < 1.29 is 0 Å². The molecule has 258 valence electrons. The highest BCUT2D eigenvalue weighted by atomic mass is 14.3. The summed E-state index contributed by atoms with van der Waals surface area (Å²) >= 11 is 0. The lowest BCUT2D eigenvalue weighted by atomic mass is 9.80. The Hall–Kier alpha value is -7.28. The summed E-state index contributed by atoms with van der Waals surface area (Å²) in [6.07, 6.45) is 0. The first-order valence-corrected chi connectivity index (χ1v) is 19.5. The molecule has 0 spiro atoms. The lowest BCUT2D eigenvalue weighted by Gasteiger charge is -2.23. The fraction of sp³-hybridized carbons (Fsp3) is 0. The molecule has 0 amide bonds. The molecule has 0 aliphatic rings. The second-order valence-corrected chi connectivity index (χ2v) is 15.3. The Morgan fingerprint density at radius 2 is 0.464 bits per heavy atom. The van der Waals surface area contributed by atoms with Crippen molar-refractivity contribution >= 4 is 86.2 Å². The maximum absolute atomic E-state index is 2.48. The molecule has 0 fully saturated rings. The van der Waals surface area contributed by atoms with Crippen LogP contribution in [0.3, 0.4) is 0 Å². The Morgan fingerprint density at radius 3 is 0.893 bits per heavy atom. The predicted octanol–water partition coefficient (Wildman–Crippen LogP) is 15.9. The van der Waals surface area contributed by atoms with E-state index >= 15 is 0 Å². The van der Waals surface area contributed by atoms with E-state index in [0.717, 1.165) is 0 Å². The highest BCUT2D eigenvalue weighted by Gasteiger charge is 2.23. The van der Waals surface area contributed by atoms with Gasteiger partial charge in [-0.15, -0.1) is 0 Å². The van der Waals surface area contributed by atoms with Crippen molar-refractivity contribution in [1.82, 2.24) is 0 Å². The van der Waals surface area contributed by atoms with Gasteiger partial charge in [-0.05, 0) is 174 Å². The predicted molar refractivity (Wildman–Crippen MR) is 243 cm³/mol. The molecule has 0 heterocycles. The molecule has 0 radical (unpaired) electrons. The van der Waals surface area contributed by atoms with E-state index < -0.39 is 0 Å². The molecule has 0 unspecified atom stereocenters. The third-order valence-electron chi connectivity index (χ3n) is 12.1. The van der Waals surface area contributed by atoms with Crippen LogP contribution in [0.1, 0.15) is 0 Å². The van der Waals surface area contributed by atoms with E-state index in [4.69, 9.17) is 0 Å². The van der Waals surface area contributed by atoms with E-state index in [1.165, 1.54) is 120 Å². The Labute approximate surface area is 324 Å². The zero-order chi connectivity index (χ0) is 36.7. The summed E-state index contributed by atoms with van der Waals surface area (Å²) in [7, 11) is 0. The van der Waals surface area contributed by atoms with Crippen molar-refractivity contribution in [2.45, 2.75) is 0 Å². The highest BCUT2D eigenvalue weighted by molar-refractivity contribution is 6.22. The van der Waals surface area contributed by atoms with Crippen molar-refractivity contribution in [3.63, 3.8) is 0 Å². The number of fused-ring (bicyclic) bond motifs is 8. The van der Waals surface area contributed by atoms with E-state index in [1.54, 1.807) is 0 Å². The molecule has 12 aromatic rings. The minimum atomic E-state index is 1.23. The van der Waals surface area contributed by atoms with Crippen molar-refractivity contribution in [3.8, 4) is 33.4 Å². The number of hydrogen-bond donors (Lipinski definition) is 0. The molecule has 0 heteroatoms. The van der Waals surface area contributed by atoms with Gasteiger partial charge in [0.05, 0.1) is 0 Å². The first-order valence-electron chi connectivity index (χ1n) is 19.5. The van der Waals surface area contributed by atoms with E-state index in [1.807, 2.05) is 0 Å². The topological polar surface area (TPSA) is 0 Å². The molecule has 12 aromatic carbocycles. The minimum Gasteiger partial charge on any atom is -0.0616 e. The standard InChI is InChI=1S/C56H34/c1-5-16-39-30-50-43(26-35(39)12-1)20-9-23-47(50)54-34-46-29-38-15-4-8-19-42(38)33-53(46)55(48-24-10-21-44-27-36-13-2-6-17-40(36)31-51(44)48)56(54)49-25-11-22-45-28-37-14-3-7-18-41(37)32-52(45)49/h1-34H. The maximum Gasteiger partial charge on any atom is -0.00137 e. The van der Waals surface area contributed by atoms with Gasteiger partial charge in [0.2, 0.25) is 0 Å². The number of benzene rings is 12. The van der Waals surface area contributed by atoms with E-state index in [9.17, 15) is 0 Å². The molecule has 12 rings (SSSR count). The molecule has 0 bridgehead atoms. The molecule has 0 saturated heterocycles. The van der Waals surface area contributed by atoms with Gasteiger partial charge in [-0.3, -0.25) is 0 Å². The van der Waals surface area contributed by atoms with Crippen LogP contribution >= 0.6 is 0 Å². The SMILES string of the molecule is c1ccc2cc3c(-c4cc5cc6ccccc6cc5c(-c5cccc6cc7ccccc7cc56)c4-c4cccc5cc6ccccc6cc45)cccc3cc2c1. The third kappa shape index (κ3) is 4.79. The van der Waals surface area contributed by atoms with Crippen molar-refractivity contribution in [3.05, 3.63) is 206 Å². The fourth-order valence-electron chi connectivity index (χ4n) is 9.43. The van der Waals surface area contributed by atoms with E-state index in [0.29, 0.717) is 0 Å². The van der Waals surface area contributed by atoms with Crippen LogP contribution in [0.2, 0.25) is 0 Å². The average molecular weight is 707 g/mol. The summed E-state index contributed by atoms with van der Waals surface area (Å²) in [5.41, 5.74) is 7.49. The van der Waals surface area contributed by atoms with Gasteiger partial charge in [-0.1, -0.05) is 152 Å². The van der Waals surface area contributed by atoms with Crippen LogP contribution in [0.25, 0.3) is 120 Å². The van der Waals surface area contributed by atoms with Gasteiger partial charge in [-0.25, -0.2) is 0 Å². The summed E-state index contributed by atoms with van der Waals surface area (Å²) in [4.78, 5) is 0. The maximum atomic E-state index is 2.48. The second-order valence-electron chi connectivity index (χ2n) is 15.3. The average Bonchev–Trinajstić information content (AvgIpc) is 3.25. The second kappa shape index (κ2) is 12.1. The molecule has 0 aliphatic heterocycles. The molecular weight excluding hydrogens is 673 g/mol. The Bertz CT molecular complexity index is 3590. The van der Waals surface area contributed by atoms with Crippen LogP contribution in [-0.2, 0) is 0 Å². The monoisotopic (exact) mass is 706 g/mol. The molecule has 0 saturated carbocycles. The molecule has 0 aliphatic carbocycles. The zero-order valence-electron chi connectivity index (χ0n) is 30.6. The van der Waals surface area contributed by atoms with Crippen LogP contribution < -0.4 is 0 Å². The van der Waals surface area contributed by atoms with Gasteiger partial charge in [0.25, 0.3) is 0 Å². The van der Waals surface area contributed by atoms with E-state index in [-0.39, 0.29) is 0 Å². The van der Waals surface area contributed by atoms with E-state index in [2.05, 4.69) is 206 Å². The summed E-state index contributed by atoms with van der Waals surface area (Å²) in [5.74, 6) is 0. The normalized spacial score (nSPS) is 11.9. The molecule has 0 atom stereocenters. The molecular formula is C56H34. The Morgan fingerprint density at radius 1 is 0.161 bits per heavy atom. The number of rotatable bonds is 3. The summed E-state index contributed by atoms with van der Waals surface area (Å²) in [6, 6.07) is 77.2. The highest BCUT2D eigenvalue weighted by Crippen LogP contribution is 2.50. The molecule has 56 heavy (non-hydrogen) atoms. The minimum absolute atomic E-state index is 1.23. The molecule has 0 nitrogen and oxygen atoms in total. The zero-order valence-corrected chi connectivity index (χ0v) is 30.6. The fourth-order valence-corrected chi connectivity index (χ4v) is 9.43. The van der Waals surface area contributed by atoms with Gasteiger partial charge >= 0.3 is 0 Å². The van der Waals surface area contributed by atoms with Gasteiger partial charge in [0, 0.05) is 0 Å². The van der Waals surface area contributed by atoms with Gasteiger partial charge in [-0.2, -0.15) is 0 Å². The molecule has 0 aromatic heterocycles. The molecule has 0 N–H and O–H groups in total. The van der Waals surface area contributed by atoms with Crippen molar-refractivity contribution in [2.75, 3.05) is 0 Å². The Kier molecular flexibility index (Phi) is 6.73. The Balaban J connectivity index is 1.32. The summed E-state index contributed by atoms with van der Waals surface area (Å²) in [6.45, 7) is 0. The number of hydrogen-bond acceptors (Lipinski definition) is 0. The van der Waals surface area contributed by atoms with Crippen LogP contribution in [0.15, 0.2) is 206 Å². The third-order valence-corrected chi connectivity index (χ3v) is 12.1.